The lowest BCUT2D eigenvalue weighted by atomic mass is 10.2. The maximum Gasteiger partial charge on any atom is 0.103 e. The normalized spacial score (nSPS) is 7.00. The molecule has 8 heavy (non-hydrogen) atoms. The van der Waals surface area contributed by atoms with Gasteiger partial charge in [0.1, 0.15) is 6.07 Å². The lowest BCUT2D eigenvalue weighted by Gasteiger charge is -1.84. The van der Waals surface area contributed by atoms with Gasteiger partial charge in [0.25, 0.3) is 0 Å². The maximum atomic E-state index is 8.24. The van der Waals surface area contributed by atoms with Crippen molar-refractivity contribution >= 4 is 0 Å². The molecule has 0 aromatic heterocycles. The number of hydrogen-bond acceptors (Lipinski definition) is 1. The summed E-state index contributed by atoms with van der Waals surface area (Å²) in [6.45, 7) is 6.92. The molecule has 0 amide bonds. The van der Waals surface area contributed by atoms with Crippen LogP contribution < -0.4 is 0 Å². The Hall–Kier alpha value is -0.990. The molecular weight excluding hydrogens is 98.1 g/mol. The zero-order valence-corrected chi connectivity index (χ0v) is 4.78. The average molecular weight is 106 g/mol. The number of nitrogens with zero attached hydrogens (tertiary/aromatic N) is 1. The SMILES string of the molecule is [CH2]CCC(=C=C)C#N. The van der Waals surface area contributed by atoms with E-state index < -0.39 is 0 Å². The van der Waals surface area contributed by atoms with E-state index in [1.165, 1.54) is 0 Å². The van der Waals surface area contributed by atoms with E-state index in [4.69, 9.17) is 5.26 Å². The molecule has 0 spiro atoms. The van der Waals surface area contributed by atoms with Gasteiger partial charge in [-0.2, -0.15) is 5.26 Å². The van der Waals surface area contributed by atoms with Crippen LogP contribution in [0.15, 0.2) is 17.9 Å². The molecular formula is C7H8N. The number of nitriles is 1. The molecule has 0 saturated heterocycles. The molecule has 0 fully saturated rings. The van der Waals surface area contributed by atoms with Crippen LogP contribution in [0.2, 0.25) is 0 Å². The summed E-state index contributed by atoms with van der Waals surface area (Å²) >= 11 is 0. The fraction of sp³-hybridized carbons (Fsp3) is 0.286. The quantitative estimate of drug-likeness (QED) is 0.389. The lowest BCUT2D eigenvalue weighted by molar-refractivity contribution is 1.01. The van der Waals surface area contributed by atoms with Gasteiger partial charge in [-0.25, -0.2) is 0 Å². The molecule has 0 aromatic carbocycles. The zero-order valence-electron chi connectivity index (χ0n) is 4.78. The third kappa shape index (κ3) is 2.23. The predicted octanol–water partition coefficient (Wildman–Crippen LogP) is 1.84. The van der Waals surface area contributed by atoms with Crippen molar-refractivity contribution in [3.8, 4) is 6.07 Å². The third-order valence-electron chi connectivity index (χ3n) is 0.775. The Morgan fingerprint density at radius 3 is 2.38 bits per heavy atom. The van der Waals surface area contributed by atoms with Crippen molar-refractivity contribution in [3.05, 3.63) is 24.8 Å². The van der Waals surface area contributed by atoms with Gasteiger partial charge in [0, 0.05) is 0 Å². The predicted molar refractivity (Wildman–Crippen MR) is 32.9 cm³/mol. The van der Waals surface area contributed by atoms with Gasteiger partial charge in [-0.1, -0.05) is 13.5 Å². The van der Waals surface area contributed by atoms with Crippen LogP contribution in [-0.2, 0) is 0 Å². The second kappa shape index (κ2) is 4.18. The molecule has 0 heterocycles. The van der Waals surface area contributed by atoms with E-state index >= 15 is 0 Å². The molecule has 1 radical (unpaired) electrons. The fourth-order valence-electron chi connectivity index (χ4n) is 0.361. The van der Waals surface area contributed by atoms with E-state index in [0.29, 0.717) is 12.0 Å². The van der Waals surface area contributed by atoms with E-state index in [1.807, 2.05) is 6.07 Å². The summed E-state index contributed by atoms with van der Waals surface area (Å²) in [5.74, 6) is 0. The van der Waals surface area contributed by atoms with Crippen LogP contribution in [0.1, 0.15) is 12.8 Å². The first-order chi connectivity index (χ1) is 3.85. The van der Waals surface area contributed by atoms with Gasteiger partial charge in [-0.15, -0.1) is 5.73 Å². The minimum Gasteiger partial charge on any atom is -0.192 e. The minimum atomic E-state index is 0.597. The van der Waals surface area contributed by atoms with Gasteiger partial charge < -0.3 is 0 Å². The first-order valence-electron chi connectivity index (χ1n) is 2.43. The van der Waals surface area contributed by atoms with Crippen LogP contribution in [0.4, 0.5) is 0 Å². The van der Waals surface area contributed by atoms with Crippen molar-refractivity contribution in [3.63, 3.8) is 0 Å². The summed E-state index contributed by atoms with van der Waals surface area (Å²) in [6.07, 6.45) is 1.44. The molecule has 0 atom stereocenters. The van der Waals surface area contributed by atoms with Crippen molar-refractivity contribution in [2.45, 2.75) is 12.8 Å². The third-order valence-corrected chi connectivity index (χ3v) is 0.775. The van der Waals surface area contributed by atoms with E-state index in [-0.39, 0.29) is 0 Å². The molecule has 1 nitrogen and oxygen atoms in total. The summed E-state index contributed by atoms with van der Waals surface area (Å²) in [5.41, 5.74) is 3.12. The molecule has 0 bridgehead atoms. The molecule has 0 aliphatic carbocycles. The second-order valence-corrected chi connectivity index (χ2v) is 1.37. The van der Waals surface area contributed by atoms with Crippen LogP contribution in [0, 0.1) is 18.3 Å². The smallest absolute Gasteiger partial charge is 0.103 e. The molecule has 0 unspecified atom stereocenters. The molecule has 41 valence electrons. The largest absolute Gasteiger partial charge is 0.192 e. The Kier molecular flexibility index (Phi) is 3.66. The summed E-state index contributed by atoms with van der Waals surface area (Å²) in [6, 6.07) is 1.96. The van der Waals surface area contributed by atoms with Crippen molar-refractivity contribution in [1.29, 1.82) is 5.26 Å². The molecule has 0 rings (SSSR count). The van der Waals surface area contributed by atoms with Crippen LogP contribution in [0.5, 0.6) is 0 Å². The van der Waals surface area contributed by atoms with E-state index in [0.717, 1.165) is 6.42 Å². The van der Waals surface area contributed by atoms with Crippen molar-refractivity contribution in [2.75, 3.05) is 0 Å². The van der Waals surface area contributed by atoms with E-state index in [2.05, 4.69) is 19.2 Å². The van der Waals surface area contributed by atoms with E-state index in [9.17, 15) is 0 Å². The van der Waals surface area contributed by atoms with Crippen LogP contribution in [0.3, 0.4) is 0 Å². The number of hydrogen-bond donors (Lipinski definition) is 0. The fourth-order valence-corrected chi connectivity index (χ4v) is 0.361. The number of rotatable bonds is 2. The van der Waals surface area contributed by atoms with Gasteiger partial charge in [-0.3, -0.25) is 0 Å². The lowest BCUT2D eigenvalue weighted by Crippen LogP contribution is -1.72. The van der Waals surface area contributed by atoms with Crippen LogP contribution in [-0.4, -0.2) is 0 Å². The molecule has 0 saturated carbocycles. The Morgan fingerprint density at radius 1 is 1.62 bits per heavy atom. The maximum absolute atomic E-state index is 8.24. The van der Waals surface area contributed by atoms with Gasteiger partial charge in [0.2, 0.25) is 0 Å². The Balaban J connectivity index is 3.79. The minimum absolute atomic E-state index is 0.597. The Bertz CT molecular complexity index is 144. The first kappa shape index (κ1) is 7.01. The first-order valence-corrected chi connectivity index (χ1v) is 2.43. The van der Waals surface area contributed by atoms with Crippen LogP contribution >= 0.6 is 0 Å². The highest BCUT2D eigenvalue weighted by Gasteiger charge is 1.86. The van der Waals surface area contributed by atoms with Crippen molar-refractivity contribution in [1.82, 2.24) is 0 Å². The van der Waals surface area contributed by atoms with Crippen molar-refractivity contribution in [2.24, 2.45) is 0 Å². The van der Waals surface area contributed by atoms with Gasteiger partial charge in [-0.05, 0) is 12.8 Å². The molecule has 0 aromatic rings. The van der Waals surface area contributed by atoms with Gasteiger partial charge in [0.15, 0.2) is 0 Å². The Labute approximate surface area is 49.9 Å². The summed E-state index contributed by atoms with van der Waals surface area (Å²) < 4.78 is 0. The van der Waals surface area contributed by atoms with Gasteiger partial charge >= 0.3 is 0 Å². The Morgan fingerprint density at radius 2 is 2.25 bits per heavy atom. The van der Waals surface area contributed by atoms with E-state index in [1.54, 1.807) is 0 Å². The van der Waals surface area contributed by atoms with Crippen LogP contribution in [0.25, 0.3) is 0 Å². The summed E-state index contributed by atoms with van der Waals surface area (Å²) in [5, 5.41) is 8.24. The average Bonchev–Trinajstić information content (AvgIpc) is 1.83. The topological polar surface area (TPSA) is 23.8 Å². The van der Waals surface area contributed by atoms with Gasteiger partial charge in [0.05, 0.1) is 5.57 Å². The summed E-state index contributed by atoms with van der Waals surface area (Å²) in [4.78, 5) is 0. The molecule has 0 aliphatic heterocycles. The zero-order chi connectivity index (χ0) is 6.41. The van der Waals surface area contributed by atoms with Crippen molar-refractivity contribution < 1.29 is 0 Å². The monoisotopic (exact) mass is 106 g/mol. The molecule has 0 N–H and O–H groups in total. The molecule has 0 aliphatic rings. The molecule has 1 heteroatoms. The highest BCUT2D eigenvalue weighted by molar-refractivity contribution is 5.18. The highest BCUT2D eigenvalue weighted by Crippen LogP contribution is 1.98. The summed E-state index contributed by atoms with van der Waals surface area (Å²) in [7, 11) is 0. The standard InChI is InChI=1S/C7H8N/c1-3-5-7(4-2)6-8/h1-3,5H2. The second-order valence-electron chi connectivity index (χ2n) is 1.37. The number of allylic oxidation sites excluding steroid dienone is 1. The highest BCUT2D eigenvalue weighted by atomic mass is 14.2.